The summed E-state index contributed by atoms with van der Waals surface area (Å²) in [7, 11) is 0. The molecule has 2 aromatic carbocycles. The van der Waals surface area contributed by atoms with Gasteiger partial charge in [0.1, 0.15) is 5.82 Å². The van der Waals surface area contributed by atoms with Gasteiger partial charge in [-0.05, 0) is 43.2 Å². The van der Waals surface area contributed by atoms with Crippen molar-refractivity contribution in [2.45, 2.75) is 20.3 Å². The highest BCUT2D eigenvalue weighted by atomic mass is 35.5. The van der Waals surface area contributed by atoms with Crippen LogP contribution in [0.25, 0.3) is 16.7 Å². The number of aromatic nitrogens is 2. The average Bonchev–Trinajstić information content (AvgIpc) is 2.82. The van der Waals surface area contributed by atoms with Crippen LogP contribution in [0.3, 0.4) is 0 Å². The third-order valence-corrected chi connectivity index (χ3v) is 4.33. The van der Waals surface area contributed by atoms with E-state index in [9.17, 15) is 0 Å². The lowest BCUT2D eigenvalue weighted by molar-refractivity contribution is 0.905. The molecule has 3 aromatic rings. The van der Waals surface area contributed by atoms with Crippen molar-refractivity contribution in [2.24, 2.45) is 0 Å². The normalized spacial score (nSPS) is 11.2. The summed E-state index contributed by atoms with van der Waals surface area (Å²) in [5, 5.41) is 0.710. The fraction of sp³-hybridized carbons (Fsp3) is 0.235. The highest BCUT2D eigenvalue weighted by Crippen LogP contribution is 2.30. The largest absolute Gasteiger partial charge is 0.294 e. The number of imidazole rings is 1. The van der Waals surface area contributed by atoms with Gasteiger partial charge >= 0.3 is 0 Å². The molecule has 0 aliphatic rings. The van der Waals surface area contributed by atoms with Gasteiger partial charge in [-0.1, -0.05) is 29.8 Å². The first-order chi connectivity index (χ1) is 10.1. The zero-order valence-electron chi connectivity index (χ0n) is 12.0. The van der Waals surface area contributed by atoms with Crippen molar-refractivity contribution in [3.8, 4) is 5.69 Å². The molecule has 0 radical (unpaired) electrons. The van der Waals surface area contributed by atoms with Gasteiger partial charge < -0.3 is 0 Å². The number of halogens is 2. The monoisotopic (exact) mass is 318 g/mol. The third kappa shape index (κ3) is 2.43. The Morgan fingerprint density at radius 2 is 1.86 bits per heavy atom. The molecular weight excluding hydrogens is 303 g/mol. The van der Waals surface area contributed by atoms with E-state index in [1.165, 1.54) is 11.1 Å². The van der Waals surface area contributed by atoms with Crippen LogP contribution in [0.5, 0.6) is 0 Å². The predicted molar refractivity (Wildman–Crippen MR) is 90.0 cm³/mol. The van der Waals surface area contributed by atoms with Crippen LogP contribution in [0.4, 0.5) is 0 Å². The molecule has 0 spiro atoms. The number of hydrogen-bond donors (Lipinski definition) is 0. The molecule has 0 bridgehead atoms. The van der Waals surface area contributed by atoms with Gasteiger partial charge in [-0.2, -0.15) is 0 Å². The highest BCUT2D eigenvalue weighted by Gasteiger charge is 2.16. The molecule has 3 rings (SSSR count). The SMILES string of the molecule is Cc1cccc(-n2c(CCCl)nc3cccc(Cl)c32)c1C. The lowest BCUT2D eigenvalue weighted by atomic mass is 10.1. The summed E-state index contributed by atoms with van der Waals surface area (Å²) in [6, 6.07) is 12.1. The standard InChI is InChI=1S/C17H16Cl2N2/c1-11-5-3-8-15(12(11)2)21-16(9-10-18)20-14-7-4-6-13(19)17(14)21/h3-8H,9-10H2,1-2H3. The number of alkyl halides is 1. The third-order valence-electron chi connectivity index (χ3n) is 3.83. The van der Waals surface area contributed by atoms with E-state index in [1.54, 1.807) is 0 Å². The molecule has 0 atom stereocenters. The van der Waals surface area contributed by atoms with Gasteiger partial charge in [0.25, 0.3) is 0 Å². The van der Waals surface area contributed by atoms with Gasteiger partial charge in [-0.15, -0.1) is 11.6 Å². The zero-order valence-corrected chi connectivity index (χ0v) is 13.5. The Kier molecular flexibility index (Phi) is 3.92. The molecule has 0 fully saturated rings. The van der Waals surface area contributed by atoms with Gasteiger partial charge in [-0.25, -0.2) is 4.98 Å². The summed E-state index contributed by atoms with van der Waals surface area (Å²) in [6.45, 7) is 4.23. The van der Waals surface area contributed by atoms with Gasteiger partial charge in [0.15, 0.2) is 0 Å². The second kappa shape index (κ2) is 5.70. The van der Waals surface area contributed by atoms with Crippen LogP contribution in [-0.2, 0) is 6.42 Å². The molecule has 108 valence electrons. The van der Waals surface area contributed by atoms with E-state index in [2.05, 4.69) is 36.6 Å². The van der Waals surface area contributed by atoms with Crippen LogP contribution in [0.15, 0.2) is 36.4 Å². The van der Waals surface area contributed by atoms with Gasteiger partial charge in [-0.3, -0.25) is 4.57 Å². The molecule has 0 unspecified atom stereocenters. The molecule has 2 nitrogen and oxygen atoms in total. The quantitative estimate of drug-likeness (QED) is 0.616. The summed E-state index contributed by atoms with van der Waals surface area (Å²) in [5.41, 5.74) is 5.45. The molecule has 4 heteroatoms. The zero-order chi connectivity index (χ0) is 15.0. The number of benzene rings is 2. The Bertz CT molecular complexity index is 806. The summed E-state index contributed by atoms with van der Waals surface area (Å²) in [5.74, 6) is 1.48. The van der Waals surface area contributed by atoms with Crippen molar-refractivity contribution in [3.05, 3.63) is 58.4 Å². The van der Waals surface area contributed by atoms with Crippen LogP contribution < -0.4 is 0 Å². The number of hydrogen-bond acceptors (Lipinski definition) is 1. The van der Waals surface area contributed by atoms with Crippen molar-refractivity contribution in [1.29, 1.82) is 0 Å². The molecule has 1 aromatic heterocycles. The smallest absolute Gasteiger partial charge is 0.115 e. The molecule has 0 N–H and O–H groups in total. The number of rotatable bonds is 3. The van der Waals surface area contributed by atoms with E-state index < -0.39 is 0 Å². The van der Waals surface area contributed by atoms with Crippen LogP contribution in [0.1, 0.15) is 17.0 Å². The maximum absolute atomic E-state index is 6.42. The van der Waals surface area contributed by atoms with E-state index in [0.29, 0.717) is 17.3 Å². The van der Waals surface area contributed by atoms with E-state index in [-0.39, 0.29) is 0 Å². The van der Waals surface area contributed by atoms with Crippen LogP contribution in [0, 0.1) is 13.8 Å². The average molecular weight is 319 g/mol. The first kappa shape index (κ1) is 14.4. The van der Waals surface area contributed by atoms with Gasteiger partial charge in [0, 0.05) is 12.3 Å². The molecule has 0 aliphatic heterocycles. The van der Waals surface area contributed by atoms with Crippen LogP contribution in [-0.4, -0.2) is 15.4 Å². The molecule has 0 saturated heterocycles. The van der Waals surface area contributed by atoms with Gasteiger partial charge in [0.05, 0.1) is 21.7 Å². The summed E-state index contributed by atoms with van der Waals surface area (Å²) < 4.78 is 2.14. The Morgan fingerprint density at radius 3 is 2.62 bits per heavy atom. The van der Waals surface area contributed by atoms with Crippen molar-refractivity contribution < 1.29 is 0 Å². The fourth-order valence-corrected chi connectivity index (χ4v) is 3.05. The number of nitrogens with zero attached hydrogens (tertiary/aromatic N) is 2. The van der Waals surface area contributed by atoms with Crippen molar-refractivity contribution >= 4 is 34.2 Å². The predicted octanol–water partition coefficient (Wildman–Crippen LogP) is 5.08. The van der Waals surface area contributed by atoms with Crippen molar-refractivity contribution in [2.75, 3.05) is 5.88 Å². The Hall–Kier alpha value is -1.51. The Labute approximate surface area is 134 Å². The topological polar surface area (TPSA) is 17.8 Å². The lowest BCUT2D eigenvalue weighted by Crippen LogP contribution is -2.05. The van der Waals surface area contributed by atoms with Crippen LogP contribution in [0.2, 0.25) is 5.02 Å². The Balaban J connectivity index is 2.39. The lowest BCUT2D eigenvalue weighted by Gasteiger charge is -2.14. The van der Waals surface area contributed by atoms with Gasteiger partial charge in [0.2, 0.25) is 0 Å². The number of fused-ring (bicyclic) bond motifs is 1. The molecule has 0 aliphatic carbocycles. The number of para-hydroxylation sites is 1. The molecular formula is C17H16Cl2N2. The minimum absolute atomic E-state index is 0.534. The second-order valence-corrected chi connectivity index (χ2v) is 5.91. The molecule has 0 saturated carbocycles. The molecule has 1 heterocycles. The first-order valence-corrected chi connectivity index (χ1v) is 7.83. The highest BCUT2D eigenvalue weighted by molar-refractivity contribution is 6.35. The first-order valence-electron chi connectivity index (χ1n) is 6.92. The van der Waals surface area contributed by atoms with E-state index in [4.69, 9.17) is 28.2 Å². The van der Waals surface area contributed by atoms with E-state index >= 15 is 0 Å². The fourth-order valence-electron chi connectivity index (χ4n) is 2.62. The summed E-state index contributed by atoms with van der Waals surface area (Å²) in [4.78, 5) is 4.70. The molecule has 0 amide bonds. The van der Waals surface area contributed by atoms with E-state index in [0.717, 1.165) is 22.5 Å². The summed E-state index contributed by atoms with van der Waals surface area (Å²) in [6.07, 6.45) is 0.708. The van der Waals surface area contributed by atoms with Crippen molar-refractivity contribution in [3.63, 3.8) is 0 Å². The number of aryl methyl sites for hydroxylation is 2. The second-order valence-electron chi connectivity index (χ2n) is 5.13. The maximum atomic E-state index is 6.42. The maximum Gasteiger partial charge on any atom is 0.115 e. The van der Waals surface area contributed by atoms with Crippen LogP contribution >= 0.6 is 23.2 Å². The summed E-state index contributed by atoms with van der Waals surface area (Å²) >= 11 is 12.4. The van der Waals surface area contributed by atoms with E-state index in [1.807, 2.05) is 18.2 Å². The molecule has 21 heavy (non-hydrogen) atoms. The minimum Gasteiger partial charge on any atom is -0.294 e. The van der Waals surface area contributed by atoms with Crippen molar-refractivity contribution in [1.82, 2.24) is 9.55 Å². The Morgan fingerprint density at radius 1 is 1.10 bits per heavy atom. The minimum atomic E-state index is 0.534.